The van der Waals surface area contributed by atoms with E-state index in [0.717, 1.165) is 0 Å². The lowest BCUT2D eigenvalue weighted by molar-refractivity contribution is -0.0328. The van der Waals surface area contributed by atoms with Gasteiger partial charge in [-0.05, 0) is 0 Å². The minimum Gasteiger partial charge on any atom is -0.396 e. The molecule has 20 nitrogen and oxygen atoms in total. The van der Waals surface area contributed by atoms with E-state index in [0.29, 0.717) is 0 Å². The van der Waals surface area contributed by atoms with Crippen molar-refractivity contribution in [2.45, 2.75) is 0 Å². The number of aliphatic hydroxyl groups is 4. The summed E-state index contributed by atoms with van der Waals surface area (Å²) in [6, 6.07) is 0. The van der Waals surface area contributed by atoms with E-state index in [-0.39, 0.29) is 0 Å². The van der Waals surface area contributed by atoms with Crippen LogP contribution in [-0.2, 0) is 41.2 Å². The van der Waals surface area contributed by atoms with Crippen LogP contribution in [0.25, 0.3) is 0 Å². The lowest BCUT2D eigenvalue weighted by atomic mass is 9.93. The number of hydrogen-bond acceptors (Lipinski definition) is 12. The van der Waals surface area contributed by atoms with Gasteiger partial charge in [0.25, 0.3) is 0 Å². The fraction of sp³-hybridized carbons (Fsp3) is 1.00. The van der Waals surface area contributed by atoms with E-state index in [9.17, 15) is 0 Å². The van der Waals surface area contributed by atoms with Crippen molar-refractivity contribution in [1.82, 2.24) is 0 Å². The Morgan fingerprint density at radius 2 is 0.517 bits per heavy atom. The number of aliphatic hydroxyl groups excluding tert-OH is 4. The first-order valence-electron chi connectivity index (χ1n) is 5.69. The molecule has 0 amide bonds. The number of nitrogens with two attached hydrogens (primary N) is 4. The van der Waals surface area contributed by atoms with Crippen molar-refractivity contribution >= 4 is 41.2 Å². The van der Waals surface area contributed by atoms with Gasteiger partial charge < -0.3 is 20.4 Å². The van der Waals surface area contributed by atoms with Crippen LogP contribution in [0, 0.1) is 5.41 Å². The van der Waals surface area contributed by atoms with Gasteiger partial charge in [0, 0.05) is 0 Å². The summed E-state index contributed by atoms with van der Waals surface area (Å²) in [7, 11) is -16.7. The van der Waals surface area contributed by atoms with Gasteiger partial charge in [-0.3, -0.25) is 18.2 Å². The minimum absolute atomic E-state index is 0.406. The molecule has 0 aromatic carbocycles. The Bertz CT molecular complexity index is 628. The van der Waals surface area contributed by atoms with E-state index in [1.54, 1.807) is 0 Å². The molecule has 184 valence electrons. The molecule has 24 heteroatoms. The first-order chi connectivity index (χ1) is 12.2. The van der Waals surface area contributed by atoms with Gasteiger partial charge in [0.05, 0.1) is 31.8 Å². The second kappa shape index (κ2) is 17.0. The lowest BCUT2D eigenvalue weighted by Crippen LogP contribution is -2.37. The molecule has 0 unspecified atom stereocenters. The Balaban J connectivity index is -0.0000000853. The van der Waals surface area contributed by atoms with Crippen molar-refractivity contribution in [1.29, 1.82) is 0 Å². The summed E-state index contributed by atoms with van der Waals surface area (Å²) in [6.45, 7) is -1.62. The molecule has 29 heavy (non-hydrogen) atoms. The van der Waals surface area contributed by atoms with Gasteiger partial charge in [-0.25, -0.2) is 20.6 Å². The highest BCUT2D eigenvalue weighted by atomic mass is 32.2. The third kappa shape index (κ3) is 137. The normalized spacial score (nSPS) is 11.7. The molecule has 0 fully saturated rings. The topological polar surface area (TPSA) is 402 Å². The molecule has 0 radical (unpaired) electrons. The monoisotopic (exact) mass is 524 g/mol. The van der Waals surface area contributed by atoms with Crippen LogP contribution in [0.15, 0.2) is 0 Å². The van der Waals surface area contributed by atoms with Crippen molar-refractivity contribution in [2.24, 2.45) is 26.0 Å². The van der Waals surface area contributed by atoms with Gasteiger partial charge in [0.15, 0.2) is 0 Å². The van der Waals surface area contributed by atoms with E-state index in [1.807, 2.05) is 0 Å². The molecule has 0 bridgehead atoms. The zero-order valence-corrected chi connectivity index (χ0v) is 17.4. The fourth-order valence-electron chi connectivity index (χ4n) is 0.300. The molecule has 0 aliphatic rings. The zero-order valence-electron chi connectivity index (χ0n) is 14.1. The second-order valence-electron chi connectivity index (χ2n) is 4.19. The first-order valence-corrected chi connectivity index (χ1v) is 11.7. The fourth-order valence-corrected chi connectivity index (χ4v) is 0.300. The Kier molecular flexibility index (Phi) is 22.8. The molecule has 0 atom stereocenters. The highest BCUT2D eigenvalue weighted by Gasteiger charge is 2.26. The lowest BCUT2D eigenvalue weighted by Gasteiger charge is -2.23. The van der Waals surface area contributed by atoms with E-state index >= 15 is 0 Å². The molecule has 0 aromatic heterocycles. The first kappa shape index (κ1) is 38.9. The molecular formula is C5H24N4O16S4. The molecule has 0 aliphatic carbocycles. The van der Waals surface area contributed by atoms with Crippen molar-refractivity contribution in [3.63, 3.8) is 0 Å². The van der Waals surface area contributed by atoms with Crippen LogP contribution in [-0.4, -0.2) is 98.7 Å². The Morgan fingerprint density at radius 3 is 0.517 bits per heavy atom. The van der Waals surface area contributed by atoms with Crippen LogP contribution in [0.4, 0.5) is 0 Å². The van der Waals surface area contributed by atoms with Crippen molar-refractivity contribution in [3.8, 4) is 0 Å². The predicted molar refractivity (Wildman–Crippen MR) is 93.7 cm³/mol. The molecule has 0 saturated carbocycles. The van der Waals surface area contributed by atoms with Gasteiger partial charge >= 0.3 is 41.2 Å². The molecule has 0 aliphatic heterocycles. The maximum Gasteiger partial charge on any atom is 0.330 e. The van der Waals surface area contributed by atoms with Gasteiger partial charge in [-0.15, -0.1) is 0 Å². The van der Waals surface area contributed by atoms with Crippen LogP contribution < -0.4 is 20.6 Å². The summed E-state index contributed by atoms with van der Waals surface area (Å²) in [5.41, 5.74) is -1.11. The van der Waals surface area contributed by atoms with Crippen LogP contribution >= 0.6 is 0 Å². The summed E-state index contributed by atoms with van der Waals surface area (Å²) < 4.78 is 101. The minimum atomic E-state index is -4.17. The molecule has 0 spiro atoms. The smallest absolute Gasteiger partial charge is 0.330 e. The highest BCUT2D eigenvalue weighted by molar-refractivity contribution is 7.84. The molecule has 16 N–H and O–H groups in total. The average molecular weight is 525 g/mol. The molecule has 0 saturated heterocycles. The van der Waals surface area contributed by atoms with E-state index in [2.05, 4.69) is 20.6 Å². The molecule has 0 heterocycles. The van der Waals surface area contributed by atoms with Gasteiger partial charge in [-0.1, -0.05) is 0 Å². The molecule has 0 aromatic rings. The van der Waals surface area contributed by atoms with Crippen LogP contribution in [0.3, 0.4) is 0 Å². The van der Waals surface area contributed by atoms with E-state index in [1.165, 1.54) is 0 Å². The van der Waals surface area contributed by atoms with Gasteiger partial charge in [0.1, 0.15) is 0 Å². The van der Waals surface area contributed by atoms with Crippen molar-refractivity contribution in [3.05, 3.63) is 0 Å². The number of hydrogen-bond donors (Lipinski definition) is 12. The Morgan fingerprint density at radius 1 is 0.448 bits per heavy atom. The van der Waals surface area contributed by atoms with E-state index in [4.69, 9.17) is 72.3 Å². The maximum atomic E-state index is 8.97. The maximum absolute atomic E-state index is 8.97. The largest absolute Gasteiger partial charge is 0.396 e. The Hall–Kier alpha value is -0.680. The van der Waals surface area contributed by atoms with Gasteiger partial charge in [-0.2, -0.15) is 33.7 Å². The van der Waals surface area contributed by atoms with Crippen LogP contribution in [0.2, 0.25) is 0 Å². The quantitative estimate of drug-likeness (QED) is 0.152. The Labute approximate surface area is 166 Å². The molecular weight excluding hydrogens is 500 g/mol. The standard InChI is InChI=1S/C5H12O4.4H3NO3S/c6-1-5(2-7,3-8)4-9;4*1-5(2,3)4/h6-9H,1-4H2;4*(H3,1,2,3,4). The highest BCUT2D eigenvalue weighted by Crippen LogP contribution is 2.11. The summed E-state index contributed by atoms with van der Waals surface area (Å²) >= 11 is 0. The summed E-state index contributed by atoms with van der Waals surface area (Å²) in [6.07, 6.45) is 0. The van der Waals surface area contributed by atoms with Crippen molar-refractivity contribution in [2.75, 3.05) is 26.4 Å². The molecule has 0 rings (SSSR count). The third-order valence-electron chi connectivity index (χ3n) is 1.34. The van der Waals surface area contributed by atoms with Gasteiger partial charge in [0.2, 0.25) is 0 Å². The number of rotatable bonds is 4. The predicted octanol–water partition coefficient (Wildman–Crippen LogP) is -7.07. The van der Waals surface area contributed by atoms with Crippen LogP contribution in [0.1, 0.15) is 0 Å². The summed E-state index contributed by atoms with van der Waals surface area (Å²) in [4.78, 5) is 0. The van der Waals surface area contributed by atoms with Crippen molar-refractivity contribution < 1.29 is 72.3 Å². The third-order valence-corrected chi connectivity index (χ3v) is 1.34. The van der Waals surface area contributed by atoms with Crippen LogP contribution in [0.5, 0.6) is 0 Å². The second-order valence-corrected chi connectivity index (χ2v) is 8.31. The zero-order chi connectivity index (χ0) is 25.3. The average Bonchev–Trinajstić information content (AvgIpc) is 2.34. The summed E-state index contributed by atoms with van der Waals surface area (Å²) in [5.74, 6) is 0. The SMILES string of the molecule is NS(=O)(=O)O.NS(=O)(=O)O.NS(=O)(=O)O.NS(=O)(=O)O.OCC(CO)(CO)CO. The summed E-state index contributed by atoms with van der Waals surface area (Å²) in [5, 5.41) is 49.5. The van der Waals surface area contributed by atoms with E-state index < -0.39 is 73.1 Å².